The van der Waals surface area contributed by atoms with Gasteiger partial charge in [0.15, 0.2) is 5.54 Å². The molecular weight excluding hydrogens is 450 g/mol. The molecule has 2 aromatic carbocycles. The zero-order valence-corrected chi connectivity index (χ0v) is 19.0. The van der Waals surface area contributed by atoms with E-state index in [1.807, 2.05) is 6.07 Å². The molecule has 3 aliphatic heterocycles. The van der Waals surface area contributed by atoms with Crippen molar-refractivity contribution in [3.63, 3.8) is 0 Å². The van der Waals surface area contributed by atoms with Gasteiger partial charge in [-0.1, -0.05) is 17.9 Å². The van der Waals surface area contributed by atoms with Crippen LogP contribution in [0.15, 0.2) is 42.5 Å². The molecule has 5 rings (SSSR count). The third-order valence-corrected chi connectivity index (χ3v) is 6.38. The van der Waals surface area contributed by atoms with E-state index in [-0.39, 0.29) is 25.2 Å². The quantitative estimate of drug-likeness (QED) is 0.484. The van der Waals surface area contributed by atoms with Crippen molar-refractivity contribution in [2.45, 2.75) is 12.1 Å². The Morgan fingerprint density at radius 3 is 2.60 bits per heavy atom. The van der Waals surface area contributed by atoms with Gasteiger partial charge in [0, 0.05) is 36.4 Å². The van der Waals surface area contributed by atoms with Gasteiger partial charge < -0.3 is 15.0 Å². The van der Waals surface area contributed by atoms with Crippen LogP contribution in [0.25, 0.3) is 0 Å². The lowest BCUT2D eigenvalue weighted by Crippen LogP contribution is -2.54. The maximum atomic E-state index is 13.1. The number of rotatable bonds is 5. The SMILES string of the molecule is COc1ccc2c(c1)C(=O)N(CC1(C#Cc3ccc(N4CCNC4=O)cc3)NCN(C=O)C1=O)C2. The third kappa shape index (κ3) is 3.96. The van der Waals surface area contributed by atoms with E-state index in [1.54, 1.807) is 46.2 Å². The lowest BCUT2D eigenvalue weighted by Gasteiger charge is -2.27. The largest absolute Gasteiger partial charge is 0.497 e. The summed E-state index contributed by atoms with van der Waals surface area (Å²) in [6, 6.07) is 12.3. The maximum absolute atomic E-state index is 13.1. The normalized spacial score (nSPS) is 21.1. The molecule has 5 amide bonds. The molecule has 2 aromatic rings. The molecule has 2 saturated heterocycles. The highest BCUT2D eigenvalue weighted by molar-refractivity contribution is 6.02. The minimum atomic E-state index is -1.43. The number of hydrogen-bond acceptors (Lipinski definition) is 6. The number of anilines is 1. The summed E-state index contributed by atoms with van der Waals surface area (Å²) in [5, 5.41) is 5.80. The maximum Gasteiger partial charge on any atom is 0.321 e. The van der Waals surface area contributed by atoms with Crippen LogP contribution in [0.2, 0.25) is 0 Å². The van der Waals surface area contributed by atoms with E-state index in [9.17, 15) is 19.2 Å². The molecule has 3 aliphatic rings. The number of urea groups is 1. The van der Waals surface area contributed by atoms with Crippen LogP contribution < -0.4 is 20.3 Å². The summed E-state index contributed by atoms with van der Waals surface area (Å²) >= 11 is 0. The first kappa shape index (κ1) is 22.4. The van der Waals surface area contributed by atoms with Gasteiger partial charge in [0.25, 0.3) is 11.8 Å². The Morgan fingerprint density at radius 2 is 1.94 bits per heavy atom. The summed E-state index contributed by atoms with van der Waals surface area (Å²) in [5.74, 6) is 5.84. The zero-order chi connectivity index (χ0) is 24.6. The number of amides is 5. The van der Waals surface area contributed by atoms with E-state index >= 15 is 0 Å². The highest BCUT2D eigenvalue weighted by atomic mass is 16.5. The summed E-state index contributed by atoms with van der Waals surface area (Å²) in [6.45, 7) is 1.49. The van der Waals surface area contributed by atoms with Gasteiger partial charge >= 0.3 is 6.03 Å². The van der Waals surface area contributed by atoms with Gasteiger partial charge in [0.1, 0.15) is 5.75 Å². The summed E-state index contributed by atoms with van der Waals surface area (Å²) in [4.78, 5) is 53.7. The average molecular weight is 473 g/mol. The molecule has 10 nitrogen and oxygen atoms in total. The van der Waals surface area contributed by atoms with Gasteiger partial charge in [0.05, 0.1) is 20.3 Å². The highest BCUT2D eigenvalue weighted by Crippen LogP contribution is 2.29. The van der Waals surface area contributed by atoms with Gasteiger partial charge in [0.2, 0.25) is 6.41 Å². The molecule has 0 bridgehead atoms. The number of carbonyl (C=O) groups excluding carboxylic acids is 4. The van der Waals surface area contributed by atoms with E-state index in [4.69, 9.17) is 4.74 Å². The predicted octanol–water partition coefficient (Wildman–Crippen LogP) is 0.517. The van der Waals surface area contributed by atoms with Gasteiger partial charge in [-0.25, -0.2) is 4.79 Å². The fourth-order valence-corrected chi connectivity index (χ4v) is 4.46. The second-order valence-corrected chi connectivity index (χ2v) is 8.49. The van der Waals surface area contributed by atoms with Gasteiger partial charge in [-0.05, 0) is 42.0 Å². The minimum absolute atomic E-state index is 0.00280. The zero-order valence-electron chi connectivity index (χ0n) is 19.0. The second kappa shape index (κ2) is 8.77. The standard InChI is InChI=1S/C25H23N5O5/c1-35-20-7-4-18-13-28(22(32)21(18)12-20)14-25(23(33)29(16-31)15-27-25)9-8-17-2-5-19(6-3-17)30-11-10-26-24(30)34/h2-7,12,16,27H,10-11,13-15H2,1H3,(H,26,34). The van der Waals surface area contributed by atoms with Crippen molar-refractivity contribution in [2.24, 2.45) is 0 Å². The van der Waals surface area contributed by atoms with E-state index in [0.717, 1.165) is 16.2 Å². The van der Waals surface area contributed by atoms with Crippen molar-refractivity contribution in [3.05, 3.63) is 59.2 Å². The molecule has 0 aromatic heterocycles. The van der Waals surface area contributed by atoms with E-state index < -0.39 is 11.4 Å². The minimum Gasteiger partial charge on any atom is -0.497 e. The first-order valence-electron chi connectivity index (χ1n) is 11.1. The molecule has 0 aliphatic carbocycles. The number of nitrogens with zero attached hydrogens (tertiary/aromatic N) is 3. The molecule has 178 valence electrons. The lowest BCUT2D eigenvalue weighted by molar-refractivity contribution is -0.137. The van der Waals surface area contributed by atoms with Crippen molar-refractivity contribution < 1.29 is 23.9 Å². The van der Waals surface area contributed by atoms with Crippen molar-refractivity contribution in [2.75, 3.05) is 38.3 Å². The average Bonchev–Trinajstić information content (AvgIpc) is 3.54. The topological polar surface area (TPSA) is 111 Å². The van der Waals surface area contributed by atoms with Crippen LogP contribution in [0.5, 0.6) is 5.75 Å². The fraction of sp³-hybridized carbons (Fsp3) is 0.280. The first-order chi connectivity index (χ1) is 16.9. The van der Waals surface area contributed by atoms with Crippen LogP contribution in [0.4, 0.5) is 10.5 Å². The number of imide groups is 1. The smallest absolute Gasteiger partial charge is 0.321 e. The Bertz CT molecular complexity index is 1280. The third-order valence-electron chi connectivity index (χ3n) is 6.38. The van der Waals surface area contributed by atoms with Crippen molar-refractivity contribution >= 4 is 29.9 Å². The molecule has 2 fully saturated rings. The van der Waals surface area contributed by atoms with Crippen LogP contribution in [0, 0.1) is 11.8 Å². The molecule has 3 heterocycles. The van der Waals surface area contributed by atoms with Crippen molar-refractivity contribution in [3.8, 4) is 17.6 Å². The van der Waals surface area contributed by atoms with E-state index in [0.29, 0.717) is 42.9 Å². The number of ether oxygens (including phenoxy) is 1. The lowest BCUT2D eigenvalue weighted by atomic mass is 9.98. The predicted molar refractivity (Wildman–Crippen MR) is 125 cm³/mol. The molecule has 1 atom stereocenters. The Kier molecular flexibility index (Phi) is 5.62. The molecular formula is C25H23N5O5. The Labute approximate surface area is 201 Å². The number of methoxy groups -OCH3 is 1. The number of benzene rings is 2. The fourth-order valence-electron chi connectivity index (χ4n) is 4.46. The molecule has 35 heavy (non-hydrogen) atoms. The van der Waals surface area contributed by atoms with E-state index in [2.05, 4.69) is 22.5 Å². The second-order valence-electron chi connectivity index (χ2n) is 8.49. The number of nitrogens with one attached hydrogen (secondary N) is 2. The molecule has 10 heteroatoms. The van der Waals surface area contributed by atoms with Crippen LogP contribution in [-0.2, 0) is 16.1 Å². The Balaban J connectivity index is 1.41. The molecule has 2 N–H and O–H groups in total. The van der Waals surface area contributed by atoms with Crippen LogP contribution in [0.3, 0.4) is 0 Å². The van der Waals surface area contributed by atoms with Crippen LogP contribution in [0.1, 0.15) is 21.5 Å². The Morgan fingerprint density at radius 1 is 1.14 bits per heavy atom. The number of fused-ring (bicyclic) bond motifs is 1. The first-order valence-corrected chi connectivity index (χ1v) is 11.1. The van der Waals surface area contributed by atoms with Gasteiger partial charge in [-0.2, -0.15) is 0 Å². The van der Waals surface area contributed by atoms with Crippen LogP contribution >= 0.6 is 0 Å². The number of hydrogen-bond donors (Lipinski definition) is 2. The summed E-state index contributed by atoms with van der Waals surface area (Å²) in [7, 11) is 1.53. The summed E-state index contributed by atoms with van der Waals surface area (Å²) in [5.41, 5.74) is 1.30. The van der Waals surface area contributed by atoms with Crippen LogP contribution in [-0.4, -0.2) is 73.0 Å². The Hall–Kier alpha value is -4.36. The molecule has 0 radical (unpaired) electrons. The molecule has 1 unspecified atom stereocenters. The number of carbonyl (C=O) groups is 4. The summed E-state index contributed by atoms with van der Waals surface area (Å²) in [6.07, 6.45) is 0.458. The molecule has 0 spiro atoms. The van der Waals surface area contributed by atoms with Crippen molar-refractivity contribution in [1.82, 2.24) is 20.4 Å². The van der Waals surface area contributed by atoms with Crippen molar-refractivity contribution in [1.29, 1.82) is 0 Å². The van der Waals surface area contributed by atoms with Gasteiger partial charge in [-0.15, -0.1) is 0 Å². The highest BCUT2D eigenvalue weighted by Gasteiger charge is 2.48. The molecule has 0 saturated carbocycles. The van der Waals surface area contributed by atoms with Gasteiger partial charge in [-0.3, -0.25) is 29.5 Å². The monoisotopic (exact) mass is 473 g/mol. The summed E-state index contributed by atoms with van der Waals surface area (Å²) < 4.78 is 5.23. The van der Waals surface area contributed by atoms with E-state index in [1.165, 1.54) is 7.11 Å².